The van der Waals surface area contributed by atoms with E-state index in [9.17, 15) is 0 Å². The Labute approximate surface area is 794 Å². The van der Waals surface area contributed by atoms with Crippen molar-refractivity contribution in [2.75, 3.05) is 14.7 Å². The van der Waals surface area contributed by atoms with Crippen LogP contribution < -0.4 is 14.7 Å². The molecule has 18 aromatic carbocycles. The van der Waals surface area contributed by atoms with Gasteiger partial charge in [0, 0.05) is 82.8 Å². The van der Waals surface area contributed by atoms with Crippen molar-refractivity contribution in [3.63, 3.8) is 0 Å². The summed E-state index contributed by atoms with van der Waals surface area (Å²) in [6.45, 7) is 49.1. The highest BCUT2D eigenvalue weighted by Crippen LogP contribution is 2.64. The Morgan fingerprint density at radius 3 is 0.776 bits per heavy atom. The number of fused-ring (bicyclic) bond motifs is 24. The Morgan fingerprint density at radius 2 is 0.440 bits per heavy atom. The average molecular weight is 1740 g/mol. The molecule has 3 heteroatoms. The Morgan fingerprint density at radius 1 is 0.179 bits per heavy atom. The molecule has 0 aliphatic heterocycles. The van der Waals surface area contributed by atoms with Crippen molar-refractivity contribution < 1.29 is 0 Å². The lowest BCUT2D eigenvalue weighted by Gasteiger charge is -2.31. The minimum atomic E-state index is -0.169. The molecule has 0 unspecified atom stereocenters. The van der Waals surface area contributed by atoms with Crippen molar-refractivity contribution in [1.82, 2.24) is 0 Å². The van der Waals surface area contributed by atoms with E-state index < -0.39 is 0 Å². The van der Waals surface area contributed by atoms with E-state index >= 15 is 0 Å². The summed E-state index contributed by atoms with van der Waals surface area (Å²) < 4.78 is 0. The van der Waals surface area contributed by atoms with Gasteiger partial charge in [0.05, 0.1) is 17.1 Å². The summed E-state index contributed by atoms with van der Waals surface area (Å²) in [5.74, 6) is 0. The molecular formula is C131H121N3. The molecule has 660 valence electrons. The van der Waals surface area contributed by atoms with Gasteiger partial charge >= 0.3 is 0 Å². The molecule has 24 rings (SSSR count). The van der Waals surface area contributed by atoms with Gasteiger partial charge in [0.1, 0.15) is 0 Å². The highest BCUT2D eigenvalue weighted by molar-refractivity contribution is 6.14. The van der Waals surface area contributed by atoms with Gasteiger partial charge in [0.15, 0.2) is 0 Å². The van der Waals surface area contributed by atoms with Crippen molar-refractivity contribution in [2.45, 2.75) is 189 Å². The van der Waals surface area contributed by atoms with Crippen molar-refractivity contribution in [1.29, 1.82) is 0 Å². The summed E-state index contributed by atoms with van der Waals surface area (Å²) in [5.41, 5.74) is 50.6. The first-order chi connectivity index (χ1) is 64.0. The summed E-state index contributed by atoms with van der Waals surface area (Å²) in [4.78, 5) is 7.42. The summed E-state index contributed by atoms with van der Waals surface area (Å²) in [5, 5.41) is 7.78. The van der Waals surface area contributed by atoms with Gasteiger partial charge in [-0.15, -0.1) is 0 Å². The van der Waals surface area contributed by atoms with Crippen LogP contribution in [0.25, 0.3) is 99.1 Å². The van der Waals surface area contributed by atoms with Crippen LogP contribution in [0.1, 0.15) is 219 Å². The second kappa shape index (κ2) is 30.6. The smallest absolute Gasteiger partial charge is 0.0543 e. The Kier molecular flexibility index (Phi) is 19.5. The summed E-state index contributed by atoms with van der Waals surface area (Å²) in [6, 6.07) is 132. The van der Waals surface area contributed by atoms with E-state index in [-0.39, 0.29) is 43.3 Å². The largest absolute Gasteiger partial charge is 0.310 e. The molecule has 18 aromatic rings. The Balaban J connectivity index is 0.000000117. The van der Waals surface area contributed by atoms with E-state index in [2.05, 4.69) is 512 Å². The maximum absolute atomic E-state index is 2.54. The van der Waals surface area contributed by atoms with E-state index in [4.69, 9.17) is 0 Å². The van der Waals surface area contributed by atoms with Gasteiger partial charge in [-0.25, -0.2) is 0 Å². The molecule has 0 saturated heterocycles. The van der Waals surface area contributed by atoms with E-state index in [1.807, 2.05) is 0 Å². The van der Waals surface area contributed by atoms with Gasteiger partial charge in [-0.1, -0.05) is 361 Å². The van der Waals surface area contributed by atoms with Gasteiger partial charge in [0.25, 0.3) is 0 Å². The van der Waals surface area contributed by atoms with Crippen LogP contribution >= 0.6 is 0 Å². The number of aryl methyl sites for hydroxylation is 3. The van der Waals surface area contributed by atoms with Crippen LogP contribution in [0.2, 0.25) is 0 Å². The standard InChI is InChI=1S/C48H49N.C42H37N.C41H35N/c1-45(2,3)30-19-23-32(24-20-30)49(33-25-21-31(22-26-33)46(4,5)6)43-29-42-44(36-17-12-11-16-35(36)43)38-28-40-37(27-41(38)48(42,9)10)34-15-13-14-18-39(34)47(40,7)8;1-26-15-7-13-21-37(26)43(38-22-14-8-16-27(38)2)39-25-36-40(30-19-10-9-18-29(30)39)32-24-34-31(23-35(32)42(36,5)6)28-17-11-12-20-33(28)41(34,3)4;1-26-14-13-17-28(22-26)42(27-15-7-6-8-16-27)38-25-37-39(31-20-10-9-19-30(31)38)33-24-35-32(23-36(33)41(37,4)5)29-18-11-12-21-34(29)40(35,2)3/h11-29H,1-10H3;7-25H,1-6H3;6-25H,1-5H3. The minimum absolute atomic E-state index is 0.0289. The minimum Gasteiger partial charge on any atom is -0.310 e. The van der Waals surface area contributed by atoms with Crippen LogP contribution in [0.5, 0.6) is 0 Å². The molecule has 0 radical (unpaired) electrons. The van der Waals surface area contributed by atoms with E-state index in [0.717, 1.165) is 0 Å². The zero-order valence-corrected chi connectivity index (χ0v) is 81.8. The fraction of sp³-hybridized carbons (Fsp3) is 0.221. The predicted molar refractivity (Wildman–Crippen MR) is 573 cm³/mol. The lowest BCUT2D eigenvalue weighted by Crippen LogP contribution is -2.18. The topological polar surface area (TPSA) is 9.72 Å². The molecule has 6 aliphatic rings. The SMILES string of the molecule is CC(C)(C)c1ccc(N(c2ccc(C(C)(C)C)cc2)c2cc3c(c4ccccc24)-c2cc4c(cc2C3(C)C)-c2ccccc2C4(C)C)cc1.Cc1cccc(N(c2ccccc2)c2cc3c(c4ccccc24)-c2cc4c(cc2C3(C)C)-c2ccccc2C4(C)C)c1.Cc1ccccc1N(c1ccccc1C)c1cc2c(c3ccccc13)-c1cc3c(cc1C2(C)C)-c1ccccc1C3(C)C. The first-order valence-corrected chi connectivity index (χ1v) is 48.5. The van der Waals surface area contributed by atoms with Crippen LogP contribution in [0.15, 0.2) is 352 Å². The van der Waals surface area contributed by atoms with Crippen molar-refractivity contribution in [2.24, 2.45) is 0 Å². The number of para-hydroxylation sites is 3. The molecule has 3 nitrogen and oxygen atoms in total. The lowest BCUT2D eigenvalue weighted by atomic mass is 9.79. The number of rotatable bonds is 9. The molecule has 0 atom stereocenters. The number of hydrogen-bond donors (Lipinski definition) is 0. The van der Waals surface area contributed by atoms with Crippen LogP contribution in [0.4, 0.5) is 51.2 Å². The fourth-order valence-corrected chi connectivity index (χ4v) is 24.3. The molecule has 0 aromatic heterocycles. The molecule has 0 heterocycles. The number of nitrogens with zero attached hydrogens (tertiary/aromatic N) is 3. The van der Waals surface area contributed by atoms with Crippen molar-refractivity contribution >= 4 is 83.5 Å². The first-order valence-electron chi connectivity index (χ1n) is 48.5. The van der Waals surface area contributed by atoms with Crippen LogP contribution in [-0.4, -0.2) is 0 Å². The Bertz CT molecular complexity index is 7790. The molecule has 0 spiro atoms. The maximum atomic E-state index is 2.54. The highest BCUT2D eigenvalue weighted by Gasteiger charge is 2.48. The molecule has 0 saturated carbocycles. The monoisotopic (exact) mass is 1740 g/mol. The second-order valence-corrected chi connectivity index (χ2v) is 44.2. The number of benzene rings is 18. The molecule has 0 fully saturated rings. The van der Waals surface area contributed by atoms with Gasteiger partial charge in [-0.05, 0) is 324 Å². The molecular weight excluding hydrogens is 1620 g/mol. The molecule has 0 bridgehead atoms. The number of hydrogen-bond acceptors (Lipinski definition) is 3. The highest BCUT2D eigenvalue weighted by atomic mass is 15.2. The third kappa shape index (κ3) is 13.1. The summed E-state index contributed by atoms with van der Waals surface area (Å²) in [6.07, 6.45) is 0. The van der Waals surface area contributed by atoms with Crippen LogP contribution in [0.3, 0.4) is 0 Å². The third-order valence-electron chi connectivity index (χ3n) is 31.8. The summed E-state index contributed by atoms with van der Waals surface area (Å²) >= 11 is 0. The lowest BCUT2D eigenvalue weighted by molar-refractivity contribution is 0.590. The van der Waals surface area contributed by atoms with E-state index in [1.165, 1.54) is 245 Å². The molecule has 6 aliphatic carbocycles. The van der Waals surface area contributed by atoms with Gasteiger partial charge in [-0.2, -0.15) is 0 Å². The normalized spacial score (nSPS) is 15.3. The fourth-order valence-electron chi connectivity index (χ4n) is 24.3. The van der Waals surface area contributed by atoms with Gasteiger partial charge in [0.2, 0.25) is 0 Å². The van der Waals surface area contributed by atoms with E-state index in [0.29, 0.717) is 0 Å². The van der Waals surface area contributed by atoms with Crippen molar-refractivity contribution in [3.05, 3.63) is 446 Å². The number of anilines is 9. The van der Waals surface area contributed by atoms with E-state index in [1.54, 1.807) is 0 Å². The van der Waals surface area contributed by atoms with Crippen LogP contribution in [0, 0.1) is 20.8 Å². The maximum Gasteiger partial charge on any atom is 0.0543 e. The molecule has 0 amide bonds. The van der Waals surface area contributed by atoms with Gasteiger partial charge in [-0.3, -0.25) is 0 Å². The van der Waals surface area contributed by atoms with Crippen LogP contribution in [-0.2, 0) is 43.3 Å². The zero-order chi connectivity index (χ0) is 93.1. The summed E-state index contributed by atoms with van der Waals surface area (Å²) in [7, 11) is 0. The zero-order valence-electron chi connectivity index (χ0n) is 81.8. The quantitative estimate of drug-likeness (QED) is 0.143. The van der Waals surface area contributed by atoms with Gasteiger partial charge < -0.3 is 14.7 Å². The predicted octanol–water partition coefficient (Wildman–Crippen LogP) is 36.3. The molecule has 134 heavy (non-hydrogen) atoms. The Hall–Kier alpha value is -13.9. The molecule has 0 N–H and O–H groups in total. The first kappa shape index (κ1) is 85.6. The average Bonchev–Trinajstić information content (AvgIpc) is 1.54. The second-order valence-electron chi connectivity index (χ2n) is 44.2. The van der Waals surface area contributed by atoms with Crippen molar-refractivity contribution in [3.8, 4) is 66.8 Å². The third-order valence-corrected chi connectivity index (χ3v) is 31.8.